The maximum atomic E-state index is 3.69. The number of hydrogen-bond donors (Lipinski definition) is 0. The predicted octanol–water partition coefficient (Wildman–Crippen LogP) is 23.3. The third-order valence-corrected chi connectivity index (χ3v) is 20.1. The van der Waals surface area contributed by atoms with Crippen LogP contribution in [0.15, 0.2) is 261 Å². The van der Waals surface area contributed by atoms with Crippen molar-refractivity contribution in [1.29, 1.82) is 0 Å². The normalized spacial score (nSPS) is 12.6. The summed E-state index contributed by atoms with van der Waals surface area (Å²) in [4.78, 5) is 0. The minimum Gasteiger partial charge on any atom is -0.309 e. The Kier molecular flexibility index (Phi) is 14.4. The number of nitrogens with zero attached hydrogens (tertiary/aromatic N) is 3. The van der Waals surface area contributed by atoms with Crippen LogP contribution in [0.2, 0.25) is 0 Å². The Balaban J connectivity index is 0.000000128. The minimum atomic E-state index is 0. The van der Waals surface area contributed by atoms with E-state index >= 15 is 0 Å². The first kappa shape index (κ1) is 55.2. The van der Waals surface area contributed by atoms with Crippen molar-refractivity contribution in [3.05, 3.63) is 297 Å². The molecule has 0 saturated heterocycles. The van der Waals surface area contributed by atoms with Gasteiger partial charge in [0.2, 0.25) is 0 Å². The van der Waals surface area contributed by atoms with Crippen molar-refractivity contribution in [3.8, 4) is 50.4 Å². The summed E-state index contributed by atoms with van der Waals surface area (Å²) in [6.07, 6.45) is 5.85. The molecule has 0 N–H and O–H groups in total. The van der Waals surface area contributed by atoms with Gasteiger partial charge in [-0.25, -0.2) is 0 Å². The summed E-state index contributed by atoms with van der Waals surface area (Å²) in [6.45, 7) is 0. The van der Waals surface area contributed by atoms with Crippen LogP contribution >= 0.6 is 86.3 Å². The first-order valence-corrected chi connectivity index (χ1v) is 33.0. The molecule has 0 radical (unpaired) electrons. The number of para-hydroxylation sites is 3. The van der Waals surface area contributed by atoms with Crippen molar-refractivity contribution in [2.75, 3.05) is 0 Å². The lowest BCUT2D eigenvalue weighted by Gasteiger charge is -2.20. The lowest BCUT2D eigenvalue weighted by molar-refractivity contribution is 0.836. The molecule has 3 aliphatic carbocycles. The fourth-order valence-corrected chi connectivity index (χ4v) is 17.5. The second-order valence-electron chi connectivity index (χ2n) is 22.6. The van der Waals surface area contributed by atoms with Gasteiger partial charge in [-0.15, -0.1) is 0 Å². The third-order valence-electron chi connectivity index (χ3n) is 17.6. The van der Waals surface area contributed by atoms with Gasteiger partial charge in [0.05, 0.1) is 33.1 Å². The molecular formula is C77H51Br4FIN3. The lowest BCUT2D eigenvalue weighted by atomic mass is 9.88. The van der Waals surface area contributed by atoms with Gasteiger partial charge in [0.1, 0.15) is 0 Å². The predicted molar refractivity (Wildman–Crippen MR) is 382 cm³/mol. The summed E-state index contributed by atoms with van der Waals surface area (Å²) in [5, 5.41) is 7.71. The average molecular weight is 1480 g/mol. The first-order valence-electron chi connectivity index (χ1n) is 28.8. The highest BCUT2D eigenvalue weighted by Gasteiger charge is 2.22. The van der Waals surface area contributed by atoms with Gasteiger partial charge in [-0.3, -0.25) is 4.70 Å². The molecule has 86 heavy (non-hydrogen) atoms. The van der Waals surface area contributed by atoms with Gasteiger partial charge in [0.15, 0.2) is 0 Å². The molecule has 0 aliphatic heterocycles. The SMILES string of the molecule is Brc1cc(Br)cc(-n2c3ccccc3c3cc(-c4ccc5c(c4)c4ccccc4n5-c4ccc5c(c4)CC5)ccc32)c1.Brc1cc(Br)cc(I)c1.F.c1ccc2c(c1)Cc1ccc(-c3ccc4c(c3)c3ccccc3n4-c3ccc4c(c3)CC4)cc1-2. The van der Waals surface area contributed by atoms with Gasteiger partial charge < -0.3 is 13.7 Å². The van der Waals surface area contributed by atoms with E-state index in [0.717, 1.165) is 30.0 Å². The summed E-state index contributed by atoms with van der Waals surface area (Å²) in [5.74, 6) is 0. The van der Waals surface area contributed by atoms with Gasteiger partial charge in [-0.05, 0) is 243 Å². The van der Waals surface area contributed by atoms with Crippen molar-refractivity contribution < 1.29 is 4.70 Å². The maximum Gasteiger partial charge on any atom is 0.0541 e. The van der Waals surface area contributed by atoms with Crippen LogP contribution in [0, 0.1) is 3.57 Å². The molecule has 0 amide bonds. The molecule has 0 saturated carbocycles. The monoisotopic (exact) mass is 1480 g/mol. The topological polar surface area (TPSA) is 14.8 Å². The Morgan fingerprint density at radius 3 is 1.07 bits per heavy atom. The Labute approximate surface area is 545 Å². The Hall–Kier alpha value is -7.38. The summed E-state index contributed by atoms with van der Waals surface area (Å²) < 4.78 is 12.8. The van der Waals surface area contributed by atoms with Crippen molar-refractivity contribution in [2.45, 2.75) is 32.1 Å². The largest absolute Gasteiger partial charge is 0.309 e. The number of rotatable bonds is 5. The Morgan fingerprint density at radius 1 is 0.267 bits per heavy atom. The molecule has 0 unspecified atom stereocenters. The Morgan fingerprint density at radius 2 is 0.628 bits per heavy atom. The van der Waals surface area contributed by atoms with Gasteiger partial charge in [-0.2, -0.15) is 0 Å². The van der Waals surface area contributed by atoms with Crippen molar-refractivity contribution in [3.63, 3.8) is 0 Å². The zero-order valence-electron chi connectivity index (χ0n) is 46.3. The van der Waals surface area contributed by atoms with Gasteiger partial charge in [0, 0.05) is 70.8 Å². The highest BCUT2D eigenvalue weighted by atomic mass is 127. The average Bonchev–Trinajstić information content (AvgIpc) is 1.74. The molecule has 0 fully saturated rings. The van der Waals surface area contributed by atoms with Crippen LogP contribution in [0.4, 0.5) is 4.70 Å². The molecule has 3 heterocycles. The highest BCUT2D eigenvalue weighted by molar-refractivity contribution is 14.1. The van der Waals surface area contributed by atoms with E-state index in [1.54, 1.807) is 0 Å². The fraction of sp³-hybridized carbons (Fsp3) is 0.0649. The minimum absolute atomic E-state index is 0. The summed E-state index contributed by atoms with van der Waals surface area (Å²) >= 11 is 16.4. The molecule has 3 nitrogen and oxygen atoms in total. The molecule has 3 aliphatic rings. The van der Waals surface area contributed by atoms with Crippen LogP contribution in [-0.4, -0.2) is 13.7 Å². The van der Waals surface area contributed by atoms with E-state index in [1.807, 2.05) is 6.07 Å². The van der Waals surface area contributed by atoms with Crippen LogP contribution in [0.1, 0.15) is 33.4 Å². The van der Waals surface area contributed by atoms with Crippen LogP contribution in [-0.2, 0) is 32.1 Å². The van der Waals surface area contributed by atoms with Crippen LogP contribution in [0.25, 0.3) is 116 Å². The van der Waals surface area contributed by atoms with Crippen LogP contribution in [0.3, 0.4) is 0 Å². The molecule has 18 rings (SSSR count). The van der Waals surface area contributed by atoms with E-state index < -0.39 is 0 Å². The number of fused-ring (bicyclic) bond motifs is 14. The lowest BCUT2D eigenvalue weighted by Crippen LogP contribution is -2.09. The fourth-order valence-electron chi connectivity index (χ4n) is 13.4. The van der Waals surface area contributed by atoms with Crippen LogP contribution < -0.4 is 0 Å². The molecule has 416 valence electrons. The molecular weight excluding hydrogens is 1430 g/mol. The van der Waals surface area contributed by atoms with Gasteiger partial charge >= 0.3 is 0 Å². The number of hydrogen-bond acceptors (Lipinski definition) is 0. The van der Waals surface area contributed by atoms with Crippen LogP contribution in [0.5, 0.6) is 0 Å². The van der Waals surface area contributed by atoms with Gasteiger partial charge in [0.25, 0.3) is 0 Å². The van der Waals surface area contributed by atoms with E-state index in [-0.39, 0.29) is 4.70 Å². The van der Waals surface area contributed by atoms with Gasteiger partial charge in [-0.1, -0.05) is 185 Å². The summed E-state index contributed by atoms with van der Waals surface area (Å²) in [5.41, 5.74) is 27.7. The number of aromatic nitrogens is 3. The highest BCUT2D eigenvalue weighted by Crippen LogP contribution is 2.43. The standard InChI is InChI=1S/C38H24Br2N2.C33H23N.C6H3Br2I.FH/c39-27-20-28(40)22-30(21-27)42-36-8-4-2-6-32(36)34-19-26(13-16-38(34)42)25-12-15-37-33(18-25)31-5-1-3-7-35(31)41(37)29-14-11-23-9-10-24(23)17-29;1-2-6-28-25(5-1)17-26-12-11-23(19-30(26)28)24-14-16-33-31(20-24)29-7-3-4-8-32(29)34(33)27-15-13-21-9-10-22(21)18-27;7-4-1-5(8)3-6(9)2-4;/h1-8,11-22H,9-10H2;1-8,11-16,18-20H,9-10,17H2;1-3H;1H. The van der Waals surface area contributed by atoms with Crippen molar-refractivity contribution in [1.82, 2.24) is 13.7 Å². The molecule has 0 spiro atoms. The van der Waals surface area contributed by atoms with E-state index in [2.05, 4.69) is 337 Å². The van der Waals surface area contributed by atoms with E-state index in [9.17, 15) is 0 Å². The summed E-state index contributed by atoms with van der Waals surface area (Å²) in [7, 11) is 0. The second-order valence-corrected chi connectivity index (χ2v) is 27.5. The molecule has 9 heteroatoms. The summed E-state index contributed by atoms with van der Waals surface area (Å²) in [6, 6.07) is 89.5. The third kappa shape index (κ3) is 9.69. The second kappa shape index (κ2) is 22.4. The molecule has 12 aromatic carbocycles. The first-order chi connectivity index (χ1) is 41.6. The quantitative estimate of drug-likeness (QED) is 0.153. The molecule has 0 bridgehead atoms. The number of benzene rings is 12. The number of halogens is 6. The van der Waals surface area contributed by atoms with Crippen molar-refractivity contribution in [2.24, 2.45) is 0 Å². The molecule has 3 aromatic heterocycles. The maximum absolute atomic E-state index is 3.69. The Bertz CT molecular complexity index is 5190. The zero-order chi connectivity index (χ0) is 57.0. The smallest absolute Gasteiger partial charge is 0.0541 e. The molecule has 0 atom stereocenters. The van der Waals surface area contributed by atoms with E-state index in [1.165, 1.54) is 173 Å². The molecule has 15 aromatic rings. The van der Waals surface area contributed by atoms with E-state index in [0.29, 0.717) is 0 Å². The zero-order valence-corrected chi connectivity index (χ0v) is 54.8. The number of aryl methyl sites for hydroxylation is 4. The van der Waals surface area contributed by atoms with Crippen molar-refractivity contribution >= 4 is 152 Å². The van der Waals surface area contributed by atoms with E-state index in [4.69, 9.17) is 0 Å².